The van der Waals surface area contributed by atoms with Gasteiger partial charge in [-0.15, -0.1) is 0 Å². The van der Waals surface area contributed by atoms with Gasteiger partial charge < -0.3 is 44.8 Å². The van der Waals surface area contributed by atoms with Crippen molar-refractivity contribution in [1.82, 2.24) is 35.5 Å². The third-order valence-electron chi connectivity index (χ3n) is 14.9. The Hall–Kier alpha value is -5.72. The molecule has 1 aliphatic carbocycles. The predicted molar refractivity (Wildman–Crippen MR) is 291 cm³/mol. The van der Waals surface area contributed by atoms with Crippen molar-refractivity contribution in [2.24, 2.45) is 5.92 Å². The van der Waals surface area contributed by atoms with Crippen LogP contribution in [0.4, 0.5) is 9.18 Å². The summed E-state index contributed by atoms with van der Waals surface area (Å²) in [5.41, 5.74) is 4.52. The summed E-state index contributed by atoms with van der Waals surface area (Å²) >= 11 is 0. The molecule has 76 heavy (non-hydrogen) atoms. The van der Waals surface area contributed by atoms with Crippen LogP contribution in [0, 0.1) is 18.7 Å². The van der Waals surface area contributed by atoms with Crippen LogP contribution in [-0.4, -0.2) is 106 Å². The molecular formula is C58H86FN7O10. The van der Waals surface area contributed by atoms with E-state index in [1.807, 2.05) is 61.5 Å². The molecule has 2 aromatic heterocycles. The van der Waals surface area contributed by atoms with Crippen molar-refractivity contribution in [3.05, 3.63) is 74.0 Å². The van der Waals surface area contributed by atoms with Gasteiger partial charge in [0, 0.05) is 68.7 Å². The van der Waals surface area contributed by atoms with Crippen LogP contribution in [0.15, 0.2) is 29.3 Å². The predicted octanol–water partition coefficient (Wildman–Crippen LogP) is 9.58. The number of hydrogen-bond donors (Lipinski definition) is 4. The SMILES string of the molecule is CCCC(CC/C=C/OC(=O)N(C)C1CCc2c(C)c(F)cc3nc4c(c1c23)Cn1c-4cc(C(C)CC)c(COC=O)c1=O)C(=O)NCCCCC(NC(=O)CCCCCN(C)O)C(=O)NC(C)(C)CCOC(C)(C)C. The molecule has 1 aliphatic heterocycles. The average molecular weight is 1060 g/mol. The molecule has 1 aromatic carbocycles. The maximum Gasteiger partial charge on any atom is 0.414 e. The third kappa shape index (κ3) is 16.4. The van der Waals surface area contributed by atoms with Crippen molar-refractivity contribution in [2.45, 2.75) is 201 Å². The Morgan fingerprint density at radius 3 is 2.43 bits per heavy atom. The summed E-state index contributed by atoms with van der Waals surface area (Å²) in [5, 5.41) is 20.4. The molecule has 4 unspecified atom stereocenters. The first-order valence-electron chi connectivity index (χ1n) is 27.5. The van der Waals surface area contributed by atoms with Crippen LogP contribution in [0.5, 0.6) is 0 Å². The fraction of sp³-hybridized carbons (Fsp3) is 0.638. The first-order valence-corrected chi connectivity index (χ1v) is 27.5. The fourth-order valence-corrected chi connectivity index (χ4v) is 10.3. The van der Waals surface area contributed by atoms with Crippen molar-refractivity contribution < 1.29 is 47.8 Å². The van der Waals surface area contributed by atoms with E-state index in [0.29, 0.717) is 118 Å². The van der Waals surface area contributed by atoms with Gasteiger partial charge in [-0.3, -0.25) is 24.0 Å². The van der Waals surface area contributed by atoms with Gasteiger partial charge in [0.15, 0.2) is 0 Å². The highest BCUT2D eigenvalue weighted by Crippen LogP contribution is 2.47. The number of unbranched alkanes of at least 4 members (excludes halogenated alkanes) is 3. The van der Waals surface area contributed by atoms with E-state index in [1.165, 1.54) is 12.3 Å². The van der Waals surface area contributed by atoms with Crippen LogP contribution in [-0.2, 0) is 53.0 Å². The summed E-state index contributed by atoms with van der Waals surface area (Å²) < 4.78 is 33.8. The van der Waals surface area contributed by atoms with Crippen molar-refractivity contribution in [3.8, 4) is 11.4 Å². The molecule has 17 nitrogen and oxygen atoms in total. The lowest BCUT2D eigenvalue weighted by atomic mass is 9.81. The molecule has 0 fully saturated rings. The quantitative estimate of drug-likeness (QED) is 0.0167. The highest BCUT2D eigenvalue weighted by molar-refractivity contribution is 5.93. The Balaban J connectivity index is 1.18. The molecule has 4 atom stereocenters. The smallest absolute Gasteiger partial charge is 0.414 e. The number of ether oxygens (including phenoxy) is 3. The lowest BCUT2D eigenvalue weighted by Crippen LogP contribution is -2.53. The first kappa shape index (κ1) is 61.1. The molecule has 3 aromatic rings. The Morgan fingerprint density at radius 2 is 1.75 bits per heavy atom. The summed E-state index contributed by atoms with van der Waals surface area (Å²) in [4.78, 5) is 85.9. The number of carbonyl (C=O) groups excluding carboxylic acids is 5. The topological polar surface area (TPSA) is 211 Å². The molecule has 0 bridgehead atoms. The number of nitrogens with zero attached hydrogens (tertiary/aromatic N) is 4. The second-order valence-electron chi connectivity index (χ2n) is 22.4. The van der Waals surface area contributed by atoms with E-state index in [4.69, 9.17) is 19.2 Å². The summed E-state index contributed by atoms with van der Waals surface area (Å²) in [7, 11) is 3.26. The van der Waals surface area contributed by atoms with E-state index in [2.05, 4.69) is 16.0 Å². The van der Waals surface area contributed by atoms with Gasteiger partial charge in [0.05, 0.1) is 46.9 Å². The molecule has 3 heterocycles. The molecule has 0 saturated carbocycles. The zero-order valence-electron chi connectivity index (χ0n) is 47.1. The number of hydroxylamine groups is 2. The largest absolute Gasteiger partial charge is 0.463 e. The van der Waals surface area contributed by atoms with Gasteiger partial charge >= 0.3 is 6.09 Å². The molecule has 2 aliphatic rings. The number of nitrogens with one attached hydrogen (secondary N) is 3. The number of halogens is 1. The summed E-state index contributed by atoms with van der Waals surface area (Å²) in [6, 6.07) is 2.13. The number of aromatic nitrogens is 2. The van der Waals surface area contributed by atoms with Gasteiger partial charge in [0.2, 0.25) is 17.7 Å². The lowest BCUT2D eigenvalue weighted by Gasteiger charge is -2.34. The highest BCUT2D eigenvalue weighted by Gasteiger charge is 2.38. The molecule has 420 valence electrons. The zero-order chi connectivity index (χ0) is 55.9. The summed E-state index contributed by atoms with van der Waals surface area (Å²) in [6.07, 6.45) is 11.3. The minimum absolute atomic E-state index is 0.0160. The molecule has 18 heteroatoms. The van der Waals surface area contributed by atoms with E-state index >= 15 is 4.39 Å². The van der Waals surface area contributed by atoms with Crippen LogP contribution in [0.2, 0.25) is 0 Å². The Morgan fingerprint density at radius 1 is 1.00 bits per heavy atom. The van der Waals surface area contributed by atoms with Crippen LogP contribution in [0.3, 0.4) is 0 Å². The molecule has 5 rings (SSSR count). The Kier molecular flexibility index (Phi) is 22.6. The van der Waals surface area contributed by atoms with E-state index in [-0.39, 0.29) is 66.1 Å². The number of hydrogen-bond acceptors (Lipinski definition) is 12. The van der Waals surface area contributed by atoms with Gasteiger partial charge in [-0.05, 0) is 159 Å². The first-order chi connectivity index (χ1) is 36.0. The molecule has 0 radical (unpaired) electrons. The monoisotopic (exact) mass is 1060 g/mol. The molecule has 0 spiro atoms. The number of pyridine rings is 2. The van der Waals surface area contributed by atoms with Crippen molar-refractivity contribution in [1.29, 1.82) is 0 Å². The number of fused-ring (bicyclic) bond motifs is 4. The van der Waals surface area contributed by atoms with Crippen molar-refractivity contribution in [2.75, 3.05) is 33.8 Å². The number of aryl methyl sites for hydroxylation is 1. The second kappa shape index (κ2) is 28.1. The fourth-order valence-electron chi connectivity index (χ4n) is 10.3. The van der Waals surface area contributed by atoms with E-state index in [9.17, 15) is 34.0 Å². The van der Waals surface area contributed by atoms with Crippen molar-refractivity contribution in [3.63, 3.8) is 0 Å². The number of benzene rings is 1. The lowest BCUT2D eigenvalue weighted by molar-refractivity contribution is -0.130. The summed E-state index contributed by atoms with van der Waals surface area (Å²) in [5.74, 6) is -1.20. The molecule has 4 amide bonds. The molecule has 0 saturated heterocycles. The van der Waals surface area contributed by atoms with Gasteiger partial charge in [0.25, 0.3) is 12.0 Å². The number of allylic oxidation sites excluding steroid dienone is 1. The zero-order valence-corrected chi connectivity index (χ0v) is 47.1. The van der Waals surface area contributed by atoms with Crippen LogP contribution in [0.25, 0.3) is 22.3 Å². The second-order valence-corrected chi connectivity index (χ2v) is 22.4. The van der Waals surface area contributed by atoms with Gasteiger partial charge in [-0.1, -0.05) is 33.6 Å². The van der Waals surface area contributed by atoms with Crippen LogP contribution < -0.4 is 21.5 Å². The normalized spacial score (nSPS) is 15.3. The minimum atomic E-state index is -0.746. The summed E-state index contributed by atoms with van der Waals surface area (Å²) in [6.45, 7) is 19.3. The number of carbonyl (C=O) groups is 5. The maximum atomic E-state index is 15.5. The standard InChI is InChI=1S/C58H86FN7O10/c1-12-21-39(53(69)60-28-18-16-23-45(61-49(68)24-15-14-19-29-64(10)73)54(70)63-58(8,9)27-31-76-57(5,6)7)22-17-20-30-75-56(72)65(11)47-26-25-40-38(4)44(59)33-46-50(40)51(47)42-34-66-48(52(42)62-46)32-41(37(3)13-2)43(55(66)71)35-74-36-67/h20,30,32-33,36-37,39,45,47,73H,12-19,21-29,31,34-35H2,1-11H3,(H,60,69)(H,61,68)(H,63,70)/b30-20+. The Labute approximate surface area is 449 Å². The number of rotatable bonds is 30. The maximum absolute atomic E-state index is 15.5. The highest BCUT2D eigenvalue weighted by atomic mass is 19.1. The Bertz CT molecular complexity index is 2610. The van der Waals surface area contributed by atoms with E-state index in [0.717, 1.165) is 58.4 Å². The molecular weight excluding hydrogens is 974 g/mol. The van der Waals surface area contributed by atoms with Gasteiger partial charge in [-0.2, -0.15) is 5.06 Å². The van der Waals surface area contributed by atoms with Gasteiger partial charge in [-0.25, -0.2) is 14.2 Å². The van der Waals surface area contributed by atoms with Crippen LogP contribution in [0.1, 0.15) is 191 Å². The number of amides is 4. The third-order valence-corrected chi connectivity index (χ3v) is 14.9. The van der Waals surface area contributed by atoms with Crippen LogP contribution >= 0.6 is 0 Å². The van der Waals surface area contributed by atoms with Gasteiger partial charge in [0.1, 0.15) is 18.5 Å². The van der Waals surface area contributed by atoms with E-state index < -0.39 is 23.7 Å². The average Bonchev–Trinajstić information content (AvgIpc) is 3.74. The van der Waals surface area contributed by atoms with Crippen molar-refractivity contribution >= 4 is 41.2 Å². The van der Waals surface area contributed by atoms with E-state index in [1.54, 1.807) is 36.6 Å². The molecule has 4 N–H and O–H groups in total. The minimum Gasteiger partial charge on any atom is -0.463 e.